The monoisotopic (exact) mass is 462 g/mol. The van der Waals surface area contributed by atoms with Crippen molar-refractivity contribution in [1.29, 1.82) is 0 Å². The Morgan fingerprint density at radius 1 is 0.933 bits per heavy atom. The van der Waals surface area contributed by atoms with Gasteiger partial charge in [0.25, 0.3) is 0 Å². The van der Waals surface area contributed by atoms with Crippen LogP contribution in [0.15, 0.2) is 58.1 Å². The van der Waals surface area contributed by atoms with Crippen LogP contribution < -0.4 is 4.90 Å². The molecule has 4 aromatic rings. The van der Waals surface area contributed by atoms with Gasteiger partial charge >= 0.3 is 0 Å². The van der Waals surface area contributed by atoms with E-state index in [2.05, 4.69) is 9.97 Å². The van der Waals surface area contributed by atoms with Gasteiger partial charge in [0.15, 0.2) is 11.4 Å². The van der Waals surface area contributed by atoms with Crippen LogP contribution in [0.25, 0.3) is 22.1 Å². The summed E-state index contributed by atoms with van der Waals surface area (Å²) in [4.78, 5) is 10.8. The summed E-state index contributed by atoms with van der Waals surface area (Å²) in [5, 5.41) is 1.18. The Balaban J connectivity index is 1.43. The average Bonchev–Trinajstić information content (AvgIpc) is 3.14. The number of rotatable bonds is 3. The Morgan fingerprint density at radius 3 is 2.50 bits per heavy atom. The molecule has 2 aromatic carbocycles. The number of benzene rings is 2. The lowest BCUT2D eigenvalue weighted by Crippen LogP contribution is -2.49. The molecule has 0 radical (unpaired) electrons. The largest absolute Gasteiger partial charge is 0.450 e. The van der Waals surface area contributed by atoms with Crippen molar-refractivity contribution in [2.24, 2.45) is 0 Å². The van der Waals surface area contributed by atoms with Crippen molar-refractivity contribution in [3.05, 3.63) is 58.8 Å². The predicted molar refractivity (Wildman–Crippen MR) is 117 cm³/mol. The number of nitrogens with zero attached hydrogens (tertiary/aromatic N) is 4. The van der Waals surface area contributed by atoms with Gasteiger partial charge in [-0.25, -0.2) is 18.4 Å². The molecule has 5 rings (SSSR count). The fourth-order valence-corrected chi connectivity index (χ4v) is 5.86. The van der Waals surface area contributed by atoms with Crippen LogP contribution in [-0.2, 0) is 10.0 Å². The molecule has 1 fully saturated rings. The summed E-state index contributed by atoms with van der Waals surface area (Å²) in [6, 6.07) is 12.3. The Labute approximate surface area is 182 Å². The van der Waals surface area contributed by atoms with Gasteiger partial charge in [-0.15, -0.1) is 0 Å². The van der Waals surface area contributed by atoms with Crippen molar-refractivity contribution in [2.45, 2.75) is 4.90 Å². The highest BCUT2D eigenvalue weighted by molar-refractivity contribution is 7.89. The van der Waals surface area contributed by atoms with Crippen molar-refractivity contribution < 1.29 is 12.8 Å². The molecule has 3 heterocycles. The molecular formula is C20H16Cl2N4O3S. The molecule has 0 amide bonds. The lowest BCUT2D eigenvalue weighted by Gasteiger charge is -2.34. The second-order valence-corrected chi connectivity index (χ2v) is 9.61. The first-order valence-electron chi connectivity index (χ1n) is 9.28. The van der Waals surface area contributed by atoms with Crippen LogP contribution in [0.4, 0.5) is 5.82 Å². The van der Waals surface area contributed by atoms with E-state index >= 15 is 0 Å². The van der Waals surface area contributed by atoms with E-state index < -0.39 is 10.0 Å². The topological polar surface area (TPSA) is 79.5 Å². The normalized spacial score (nSPS) is 15.9. The van der Waals surface area contributed by atoms with E-state index in [1.54, 1.807) is 12.1 Å². The summed E-state index contributed by atoms with van der Waals surface area (Å²) in [6.45, 7) is 1.49. The van der Waals surface area contributed by atoms with Crippen LogP contribution >= 0.6 is 23.2 Å². The standard InChI is InChI=1S/C20H16Cl2N4O3S/c21-14-5-3-7-16(17(14)22)30(27,28)26-10-8-25(9-11-26)20-19-18(23-12-24-20)13-4-1-2-6-15(13)29-19/h1-7,12H,8-11H2. The van der Waals surface area contributed by atoms with Crippen LogP contribution in [0.2, 0.25) is 10.0 Å². The number of piperazine rings is 1. The first-order chi connectivity index (χ1) is 14.5. The maximum absolute atomic E-state index is 13.1. The van der Waals surface area contributed by atoms with Crippen molar-refractivity contribution in [3.63, 3.8) is 0 Å². The van der Waals surface area contributed by atoms with Crippen LogP contribution in [0.1, 0.15) is 0 Å². The molecule has 1 saturated heterocycles. The van der Waals surface area contributed by atoms with Crippen molar-refractivity contribution in [1.82, 2.24) is 14.3 Å². The van der Waals surface area contributed by atoms with E-state index in [9.17, 15) is 8.42 Å². The van der Waals surface area contributed by atoms with Crippen LogP contribution in [-0.4, -0.2) is 48.9 Å². The molecule has 7 nitrogen and oxygen atoms in total. The van der Waals surface area contributed by atoms with Gasteiger partial charge in [0, 0.05) is 31.6 Å². The highest BCUT2D eigenvalue weighted by Crippen LogP contribution is 2.34. The van der Waals surface area contributed by atoms with E-state index in [1.807, 2.05) is 29.2 Å². The van der Waals surface area contributed by atoms with Gasteiger partial charge in [0.1, 0.15) is 22.3 Å². The number of halogens is 2. The highest BCUT2D eigenvalue weighted by Gasteiger charge is 2.32. The van der Waals surface area contributed by atoms with Crippen LogP contribution in [0, 0.1) is 0 Å². The summed E-state index contributed by atoms with van der Waals surface area (Å²) >= 11 is 12.2. The molecular weight excluding hydrogens is 447 g/mol. The molecule has 1 aliphatic heterocycles. The lowest BCUT2D eigenvalue weighted by atomic mass is 10.2. The number of aromatic nitrogens is 2. The number of hydrogen-bond donors (Lipinski definition) is 0. The van der Waals surface area contributed by atoms with Gasteiger partial charge in [0.2, 0.25) is 10.0 Å². The molecule has 1 aliphatic rings. The minimum absolute atomic E-state index is 0.0202. The second kappa shape index (κ2) is 7.39. The summed E-state index contributed by atoms with van der Waals surface area (Å²) in [7, 11) is -3.75. The van der Waals surface area contributed by atoms with E-state index in [0.717, 1.165) is 16.5 Å². The third kappa shape index (κ3) is 3.11. The predicted octanol–water partition coefficient (Wildman–Crippen LogP) is 4.19. The molecule has 0 atom stereocenters. The second-order valence-electron chi connectivity index (χ2n) is 6.92. The number of para-hydroxylation sites is 1. The molecule has 0 unspecified atom stereocenters. The number of anilines is 1. The number of fused-ring (bicyclic) bond motifs is 3. The number of furan rings is 1. The zero-order valence-corrected chi connectivity index (χ0v) is 18.0. The fourth-order valence-electron chi connectivity index (χ4n) is 3.70. The molecule has 2 aromatic heterocycles. The molecule has 0 saturated carbocycles. The van der Waals surface area contributed by atoms with Gasteiger partial charge in [-0.05, 0) is 24.3 Å². The summed E-state index contributed by atoms with van der Waals surface area (Å²) in [5.41, 5.74) is 2.09. The molecule has 30 heavy (non-hydrogen) atoms. The SMILES string of the molecule is O=S(=O)(c1cccc(Cl)c1Cl)N1CCN(c2ncnc3c2oc2ccccc23)CC1. The number of hydrogen-bond acceptors (Lipinski definition) is 6. The molecule has 154 valence electrons. The van der Waals surface area contributed by atoms with Gasteiger partial charge in [-0.2, -0.15) is 4.31 Å². The minimum atomic E-state index is -3.75. The third-order valence-electron chi connectivity index (χ3n) is 5.21. The minimum Gasteiger partial charge on any atom is -0.450 e. The van der Waals surface area contributed by atoms with E-state index in [4.69, 9.17) is 27.6 Å². The van der Waals surface area contributed by atoms with Crippen molar-refractivity contribution in [2.75, 3.05) is 31.1 Å². The molecule has 10 heteroatoms. The van der Waals surface area contributed by atoms with Crippen LogP contribution in [0.3, 0.4) is 0 Å². The van der Waals surface area contributed by atoms with E-state index in [1.165, 1.54) is 16.7 Å². The zero-order chi connectivity index (χ0) is 20.9. The first kappa shape index (κ1) is 19.6. The average molecular weight is 463 g/mol. The van der Waals surface area contributed by atoms with Crippen LogP contribution in [0.5, 0.6) is 0 Å². The molecule has 0 aliphatic carbocycles. The smallest absolute Gasteiger partial charge is 0.244 e. The maximum Gasteiger partial charge on any atom is 0.244 e. The molecule has 0 N–H and O–H groups in total. The Bertz CT molecular complexity index is 1370. The highest BCUT2D eigenvalue weighted by atomic mass is 35.5. The van der Waals surface area contributed by atoms with Gasteiger partial charge in [-0.1, -0.05) is 41.4 Å². The summed E-state index contributed by atoms with van der Waals surface area (Å²) < 4.78 is 33.5. The Morgan fingerprint density at radius 2 is 1.70 bits per heavy atom. The molecule has 0 spiro atoms. The first-order valence-corrected chi connectivity index (χ1v) is 11.5. The van der Waals surface area contributed by atoms with Crippen molar-refractivity contribution in [3.8, 4) is 0 Å². The fraction of sp³-hybridized carbons (Fsp3) is 0.200. The maximum atomic E-state index is 13.1. The Hall–Kier alpha value is -2.39. The summed E-state index contributed by atoms with van der Waals surface area (Å²) in [6.07, 6.45) is 1.51. The van der Waals surface area contributed by atoms with E-state index in [0.29, 0.717) is 24.5 Å². The van der Waals surface area contributed by atoms with Gasteiger partial charge in [0.05, 0.1) is 10.0 Å². The number of sulfonamides is 1. The lowest BCUT2D eigenvalue weighted by molar-refractivity contribution is 0.383. The zero-order valence-electron chi connectivity index (χ0n) is 15.6. The Kier molecular flexibility index (Phi) is 4.82. The van der Waals surface area contributed by atoms with Gasteiger partial charge in [-0.3, -0.25) is 0 Å². The quantitative estimate of drug-likeness (QED) is 0.453. The summed E-state index contributed by atoms with van der Waals surface area (Å²) in [5.74, 6) is 0.661. The van der Waals surface area contributed by atoms with Crippen molar-refractivity contribution >= 4 is 61.1 Å². The van der Waals surface area contributed by atoms with Gasteiger partial charge < -0.3 is 9.32 Å². The molecule has 0 bridgehead atoms. The van der Waals surface area contributed by atoms with E-state index in [-0.39, 0.29) is 28.0 Å². The third-order valence-corrected chi connectivity index (χ3v) is 8.08.